The van der Waals surface area contributed by atoms with Crippen LogP contribution >= 0.6 is 0 Å². The van der Waals surface area contributed by atoms with Gasteiger partial charge in [0.1, 0.15) is 0 Å². The third-order valence-electron chi connectivity index (χ3n) is 4.06. The topological polar surface area (TPSA) is 64.8 Å². The number of esters is 1. The number of aryl methyl sites for hydroxylation is 1. The lowest BCUT2D eigenvalue weighted by molar-refractivity contribution is 0.0602. The van der Waals surface area contributed by atoms with Gasteiger partial charge in [0.25, 0.3) is 0 Å². The van der Waals surface area contributed by atoms with Gasteiger partial charge in [-0.25, -0.2) is 4.79 Å². The van der Waals surface area contributed by atoms with Crippen molar-refractivity contribution in [1.29, 1.82) is 0 Å². The van der Waals surface area contributed by atoms with Crippen LogP contribution in [-0.4, -0.2) is 39.9 Å². The van der Waals surface area contributed by atoms with Crippen molar-refractivity contribution >= 4 is 17.3 Å². The summed E-state index contributed by atoms with van der Waals surface area (Å²) < 4.78 is 10.1. The predicted octanol–water partition coefficient (Wildman–Crippen LogP) is 2.23. The van der Waals surface area contributed by atoms with E-state index in [1.54, 1.807) is 7.11 Å². The molecule has 2 rings (SSSR count). The Morgan fingerprint density at radius 3 is 2.86 bits per heavy atom. The van der Waals surface area contributed by atoms with Crippen LogP contribution in [0.3, 0.4) is 0 Å². The number of ether oxygens (including phenoxy) is 2. The maximum Gasteiger partial charge on any atom is 0.340 e. The monoisotopic (exact) mass is 292 g/mol. The number of hydrogen-bond donors (Lipinski definition) is 1. The fraction of sp³-hybridized carbons (Fsp3) is 0.562. The molecule has 0 radical (unpaired) electrons. The van der Waals surface area contributed by atoms with Crippen LogP contribution in [0.4, 0.5) is 11.4 Å². The number of anilines is 2. The summed E-state index contributed by atoms with van der Waals surface area (Å²) in [7, 11) is 3.11. The highest BCUT2D eigenvalue weighted by molar-refractivity contribution is 5.97. The van der Waals surface area contributed by atoms with Crippen molar-refractivity contribution in [2.75, 3.05) is 44.5 Å². The smallest absolute Gasteiger partial charge is 0.340 e. The molecule has 1 aliphatic rings. The SMILES string of the molecule is COCC1CCCN(c2cc(C)c(N)c(C(=O)OC)c2)C1. The molecule has 1 aromatic carbocycles. The Balaban J connectivity index is 2.27. The van der Waals surface area contributed by atoms with Gasteiger partial charge in [-0.15, -0.1) is 0 Å². The van der Waals surface area contributed by atoms with E-state index in [2.05, 4.69) is 4.90 Å². The molecule has 1 heterocycles. The highest BCUT2D eigenvalue weighted by Gasteiger charge is 2.22. The maximum atomic E-state index is 11.8. The Morgan fingerprint density at radius 2 is 2.19 bits per heavy atom. The van der Waals surface area contributed by atoms with Gasteiger partial charge in [-0.1, -0.05) is 0 Å². The van der Waals surface area contributed by atoms with E-state index in [-0.39, 0.29) is 5.97 Å². The molecule has 1 aromatic rings. The summed E-state index contributed by atoms with van der Waals surface area (Å²) in [6.45, 7) is 4.62. The normalized spacial score (nSPS) is 18.6. The van der Waals surface area contributed by atoms with Gasteiger partial charge in [0, 0.05) is 31.6 Å². The van der Waals surface area contributed by atoms with Crippen molar-refractivity contribution < 1.29 is 14.3 Å². The van der Waals surface area contributed by atoms with Crippen molar-refractivity contribution in [3.05, 3.63) is 23.3 Å². The second kappa shape index (κ2) is 6.80. The minimum absolute atomic E-state index is 0.386. The van der Waals surface area contributed by atoms with Crippen LogP contribution in [0, 0.1) is 12.8 Å². The fourth-order valence-electron chi connectivity index (χ4n) is 2.91. The lowest BCUT2D eigenvalue weighted by Gasteiger charge is -2.34. The molecule has 1 unspecified atom stereocenters. The molecular weight excluding hydrogens is 268 g/mol. The van der Waals surface area contributed by atoms with Gasteiger partial charge < -0.3 is 20.1 Å². The molecule has 0 aliphatic carbocycles. The number of methoxy groups -OCH3 is 2. The Hall–Kier alpha value is -1.75. The quantitative estimate of drug-likeness (QED) is 0.681. The van der Waals surface area contributed by atoms with Gasteiger partial charge in [-0.2, -0.15) is 0 Å². The van der Waals surface area contributed by atoms with Crippen LogP contribution in [0.2, 0.25) is 0 Å². The van der Waals surface area contributed by atoms with E-state index in [4.69, 9.17) is 15.2 Å². The molecule has 0 bridgehead atoms. The van der Waals surface area contributed by atoms with Crippen LogP contribution < -0.4 is 10.6 Å². The summed E-state index contributed by atoms with van der Waals surface area (Å²) in [5, 5.41) is 0. The summed E-state index contributed by atoms with van der Waals surface area (Å²) in [6, 6.07) is 3.88. The third kappa shape index (κ3) is 3.47. The summed E-state index contributed by atoms with van der Waals surface area (Å²) in [5.74, 6) is 0.145. The second-order valence-electron chi connectivity index (χ2n) is 5.63. The number of rotatable bonds is 4. The van der Waals surface area contributed by atoms with Crippen molar-refractivity contribution in [2.24, 2.45) is 5.92 Å². The van der Waals surface area contributed by atoms with E-state index in [0.717, 1.165) is 37.4 Å². The van der Waals surface area contributed by atoms with Crippen molar-refractivity contribution in [3.63, 3.8) is 0 Å². The van der Waals surface area contributed by atoms with E-state index in [1.165, 1.54) is 13.5 Å². The molecule has 116 valence electrons. The molecule has 5 heteroatoms. The van der Waals surface area contributed by atoms with Gasteiger partial charge in [0.2, 0.25) is 0 Å². The molecular formula is C16H24N2O3. The molecule has 1 aliphatic heterocycles. The molecule has 0 saturated carbocycles. The van der Waals surface area contributed by atoms with Crippen LogP contribution in [0.1, 0.15) is 28.8 Å². The zero-order chi connectivity index (χ0) is 15.4. The summed E-state index contributed by atoms with van der Waals surface area (Å²) in [5.41, 5.74) is 8.87. The Labute approximate surface area is 126 Å². The number of carbonyl (C=O) groups excluding carboxylic acids is 1. The van der Waals surface area contributed by atoms with Gasteiger partial charge >= 0.3 is 5.97 Å². The Bertz CT molecular complexity index is 514. The maximum absolute atomic E-state index is 11.8. The molecule has 21 heavy (non-hydrogen) atoms. The highest BCUT2D eigenvalue weighted by Crippen LogP contribution is 2.29. The molecule has 0 amide bonds. The van der Waals surface area contributed by atoms with E-state index in [0.29, 0.717) is 17.2 Å². The standard InChI is InChI=1S/C16H24N2O3/c1-11-7-13(8-14(15(11)17)16(19)21-3)18-6-4-5-12(9-18)10-20-2/h7-8,12H,4-6,9-10,17H2,1-3H3. The molecule has 5 nitrogen and oxygen atoms in total. The molecule has 1 saturated heterocycles. The minimum Gasteiger partial charge on any atom is -0.465 e. The number of nitrogens with zero attached hydrogens (tertiary/aromatic N) is 1. The molecule has 0 aromatic heterocycles. The lowest BCUT2D eigenvalue weighted by Crippen LogP contribution is -2.37. The number of hydrogen-bond acceptors (Lipinski definition) is 5. The second-order valence-corrected chi connectivity index (χ2v) is 5.63. The Kier molecular flexibility index (Phi) is 5.07. The van der Waals surface area contributed by atoms with E-state index in [9.17, 15) is 4.79 Å². The molecule has 2 N–H and O–H groups in total. The lowest BCUT2D eigenvalue weighted by atomic mass is 9.97. The number of nitrogens with two attached hydrogens (primary N) is 1. The van der Waals surface area contributed by atoms with Crippen molar-refractivity contribution in [1.82, 2.24) is 0 Å². The number of benzene rings is 1. The first kappa shape index (κ1) is 15.6. The predicted molar refractivity (Wildman–Crippen MR) is 83.7 cm³/mol. The number of carbonyl (C=O) groups is 1. The summed E-state index contributed by atoms with van der Waals surface area (Å²) in [6.07, 6.45) is 2.31. The minimum atomic E-state index is -0.386. The average Bonchev–Trinajstić information content (AvgIpc) is 2.49. The zero-order valence-corrected chi connectivity index (χ0v) is 13.0. The molecule has 0 spiro atoms. The van der Waals surface area contributed by atoms with Gasteiger partial charge in [0.15, 0.2) is 0 Å². The van der Waals surface area contributed by atoms with Gasteiger partial charge in [-0.05, 0) is 43.4 Å². The summed E-state index contributed by atoms with van der Waals surface area (Å²) >= 11 is 0. The largest absolute Gasteiger partial charge is 0.465 e. The number of nitrogen functional groups attached to an aromatic ring is 1. The van der Waals surface area contributed by atoms with Gasteiger partial charge in [0.05, 0.1) is 19.3 Å². The van der Waals surface area contributed by atoms with E-state index >= 15 is 0 Å². The van der Waals surface area contributed by atoms with Crippen LogP contribution in [0.15, 0.2) is 12.1 Å². The molecule has 1 fully saturated rings. The molecule has 1 atom stereocenters. The third-order valence-corrected chi connectivity index (χ3v) is 4.06. The van der Waals surface area contributed by atoms with Gasteiger partial charge in [-0.3, -0.25) is 0 Å². The average molecular weight is 292 g/mol. The first-order valence-electron chi connectivity index (χ1n) is 7.29. The summed E-state index contributed by atoms with van der Waals surface area (Å²) in [4.78, 5) is 14.1. The van der Waals surface area contributed by atoms with Crippen LogP contribution in [0.5, 0.6) is 0 Å². The number of piperidine rings is 1. The van der Waals surface area contributed by atoms with Crippen LogP contribution in [0.25, 0.3) is 0 Å². The highest BCUT2D eigenvalue weighted by atomic mass is 16.5. The van der Waals surface area contributed by atoms with Crippen LogP contribution in [-0.2, 0) is 9.47 Å². The van der Waals surface area contributed by atoms with Crippen molar-refractivity contribution in [3.8, 4) is 0 Å². The first-order valence-corrected chi connectivity index (χ1v) is 7.29. The Morgan fingerprint density at radius 1 is 1.43 bits per heavy atom. The first-order chi connectivity index (χ1) is 10.1. The van der Waals surface area contributed by atoms with E-state index < -0.39 is 0 Å². The zero-order valence-electron chi connectivity index (χ0n) is 13.0. The fourth-order valence-corrected chi connectivity index (χ4v) is 2.91. The van der Waals surface area contributed by atoms with Crippen molar-refractivity contribution in [2.45, 2.75) is 19.8 Å². The van der Waals surface area contributed by atoms with E-state index in [1.807, 2.05) is 19.1 Å².